The number of fused-ring (bicyclic) bond motifs is 1. The molecule has 0 atom stereocenters. The molecular formula is C19H21FN4O. The molecule has 1 aliphatic carbocycles. The third-order valence-electron chi connectivity index (χ3n) is 5.05. The van der Waals surface area contributed by atoms with E-state index in [0.717, 1.165) is 24.4 Å². The van der Waals surface area contributed by atoms with Gasteiger partial charge in [-0.05, 0) is 49.4 Å². The molecule has 1 aromatic heterocycles. The SMILES string of the molecule is O=C(c1ccccc1F)N1CCN(c2cc3c(nn2)CCCC3)CC1. The molecule has 0 bridgehead atoms. The van der Waals surface area contributed by atoms with Gasteiger partial charge in [0.1, 0.15) is 5.82 Å². The molecule has 2 aliphatic rings. The number of piperazine rings is 1. The van der Waals surface area contributed by atoms with Crippen LogP contribution in [0.5, 0.6) is 0 Å². The molecule has 1 aromatic carbocycles. The molecular weight excluding hydrogens is 319 g/mol. The van der Waals surface area contributed by atoms with Gasteiger partial charge < -0.3 is 9.80 Å². The maximum absolute atomic E-state index is 13.8. The summed E-state index contributed by atoms with van der Waals surface area (Å²) in [5.74, 6) is 0.184. The average molecular weight is 340 g/mol. The Labute approximate surface area is 146 Å². The second-order valence-electron chi connectivity index (χ2n) is 6.64. The third-order valence-corrected chi connectivity index (χ3v) is 5.05. The van der Waals surface area contributed by atoms with Crippen LogP contribution in [0.2, 0.25) is 0 Å². The highest BCUT2D eigenvalue weighted by Gasteiger charge is 2.25. The molecule has 0 radical (unpaired) electrons. The number of nitrogens with zero attached hydrogens (tertiary/aromatic N) is 4. The maximum Gasteiger partial charge on any atom is 0.256 e. The van der Waals surface area contributed by atoms with Crippen molar-refractivity contribution in [3.05, 3.63) is 53.0 Å². The van der Waals surface area contributed by atoms with E-state index in [-0.39, 0.29) is 11.5 Å². The molecule has 2 aromatic rings. The topological polar surface area (TPSA) is 49.3 Å². The number of anilines is 1. The number of rotatable bonds is 2. The minimum absolute atomic E-state index is 0.143. The Morgan fingerprint density at radius 2 is 1.76 bits per heavy atom. The number of hydrogen-bond acceptors (Lipinski definition) is 4. The van der Waals surface area contributed by atoms with Gasteiger partial charge in [-0.1, -0.05) is 12.1 Å². The van der Waals surface area contributed by atoms with Crippen molar-refractivity contribution in [1.82, 2.24) is 15.1 Å². The first kappa shape index (κ1) is 16.0. The van der Waals surface area contributed by atoms with E-state index >= 15 is 0 Å². The zero-order valence-corrected chi connectivity index (χ0v) is 14.1. The fourth-order valence-corrected chi connectivity index (χ4v) is 3.58. The monoisotopic (exact) mass is 340 g/mol. The van der Waals surface area contributed by atoms with Gasteiger partial charge in [0, 0.05) is 26.2 Å². The highest BCUT2D eigenvalue weighted by atomic mass is 19.1. The molecule has 0 unspecified atom stereocenters. The van der Waals surface area contributed by atoms with Crippen LogP contribution in [0.3, 0.4) is 0 Å². The van der Waals surface area contributed by atoms with Crippen molar-refractivity contribution in [2.75, 3.05) is 31.1 Å². The summed E-state index contributed by atoms with van der Waals surface area (Å²) in [6.45, 7) is 2.50. The van der Waals surface area contributed by atoms with Gasteiger partial charge in [0.15, 0.2) is 5.82 Å². The van der Waals surface area contributed by atoms with E-state index < -0.39 is 5.82 Å². The molecule has 0 N–H and O–H groups in total. The second-order valence-corrected chi connectivity index (χ2v) is 6.64. The summed E-state index contributed by atoms with van der Waals surface area (Å²) >= 11 is 0. The van der Waals surface area contributed by atoms with E-state index in [1.165, 1.54) is 24.5 Å². The lowest BCUT2D eigenvalue weighted by atomic mass is 9.97. The van der Waals surface area contributed by atoms with E-state index in [0.29, 0.717) is 26.2 Å². The number of benzene rings is 1. The first-order valence-electron chi connectivity index (χ1n) is 8.86. The summed E-state index contributed by atoms with van der Waals surface area (Å²) in [4.78, 5) is 16.4. The van der Waals surface area contributed by atoms with Gasteiger partial charge in [-0.25, -0.2) is 4.39 Å². The quantitative estimate of drug-likeness (QED) is 0.843. The highest BCUT2D eigenvalue weighted by molar-refractivity contribution is 5.94. The Morgan fingerprint density at radius 1 is 1.00 bits per heavy atom. The second kappa shape index (κ2) is 6.78. The lowest BCUT2D eigenvalue weighted by Crippen LogP contribution is -2.49. The first-order chi connectivity index (χ1) is 12.2. The smallest absolute Gasteiger partial charge is 0.256 e. The summed E-state index contributed by atoms with van der Waals surface area (Å²) in [7, 11) is 0. The average Bonchev–Trinajstić information content (AvgIpc) is 2.67. The van der Waals surface area contributed by atoms with E-state index in [2.05, 4.69) is 21.2 Å². The van der Waals surface area contributed by atoms with Gasteiger partial charge in [-0.15, -0.1) is 5.10 Å². The Balaban J connectivity index is 1.43. The minimum atomic E-state index is -0.463. The standard InChI is InChI=1S/C19H21FN4O/c20-16-7-3-2-6-15(16)19(25)24-11-9-23(10-12-24)18-13-14-5-1-4-8-17(14)21-22-18/h2-3,6-7,13H,1,4-5,8-12H2. The number of amides is 1. The number of aromatic nitrogens is 2. The summed E-state index contributed by atoms with van der Waals surface area (Å²) in [6.07, 6.45) is 4.50. The van der Waals surface area contributed by atoms with Crippen molar-refractivity contribution >= 4 is 11.7 Å². The Morgan fingerprint density at radius 3 is 2.56 bits per heavy atom. The minimum Gasteiger partial charge on any atom is -0.352 e. The van der Waals surface area contributed by atoms with Crippen LogP contribution in [0.4, 0.5) is 10.2 Å². The molecule has 1 saturated heterocycles. The lowest BCUT2D eigenvalue weighted by molar-refractivity contribution is 0.0741. The van der Waals surface area contributed by atoms with Crippen LogP contribution in [-0.2, 0) is 12.8 Å². The molecule has 0 saturated carbocycles. The molecule has 2 heterocycles. The molecule has 6 heteroatoms. The van der Waals surface area contributed by atoms with Gasteiger partial charge in [-0.2, -0.15) is 5.10 Å². The Bertz CT molecular complexity index is 787. The largest absolute Gasteiger partial charge is 0.352 e. The lowest BCUT2D eigenvalue weighted by Gasteiger charge is -2.35. The Hall–Kier alpha value is -2.50. The number of halogens is 1. The van der Waals surface area contributed by atoms with Gasteiger partial charge in [0.05, 0.1) is 11.3 Å². The van der Waals surface area contributed by atoms with E-state index in [1.807, 2.05) is 0 Å². The summed E-state index contributed by atoms with van der Waals surface area (Å²) in [6, 6.07) is 8.30. The first-order valence-corrected chi connectivity index (χ1v) is 8.86. The van der Waals surface area contributed by atoms with Crippen molar-refractivity contribution in [1.29, 1.82) is 0 Å². The zero-order chi connectivity index (χ0) is 17.2. The molecule has 4 rings (SSSR count). The van der Waals surface area contributed by atoms with Gasteiger partial charge >= 0.3 is 0 Å². The van der Waals surface area contributed by atoms with Crippen LogP contribution in [0.25, 0.3) is 0 Å². The summed E-state index contributed by atoms with van der Waals surface area (Å²) < 4.78 is 13.8. The number of carbonyl (C=O) groups excluding carboxylic acids is 1. The molecule has 1 amide bonds. The molecule has 5 nitrogen and oxygen atoms in total. The number of hydrogen-bond donors (Lipinski definition) is 0. The summed E-state index contributed by atoms with van der Waals surface area (Å²) in [5, 5.41) is 8.76. The molecule has 1 aliphatic heterocycles. The Kier molecular flexibility index (Phi) is 4.34. The highest BCUT2D eigenvalue weighted by Crippen LogP contribution is 2.23. The molecule has 1 fully saturated rings. The van der Waals surface area contributed by atoms with Crippen LogP contribution < -0.4 is 4.90 Å². The van der Waals surface area contributed by atoms with Crippen LogP contribution in [0, 0.1) is 5.82 Å². The van der Waals surface area contributed by atoms with Crippen LogP contribution in [-0.4, -0.2) is 47.2 Å². The van der Waals surface area contributed by atoms with Crippen molar-refractivity contribution in [3.8, 4) is 0 Å². The van der Waals surface area contributed by atoms with Crippen LogP contribution in [0.15, 0.2) is 30.3 Å². The van der Waals surface area contributed by atoms with Gasteiger partial charge in [-0.3, -0.25) is 4.79 Å². The summed E-state index contributed by atoms with van der Waals surface area (Å²) in [5.41, 5.74) is 2.58. The van der Waals surface area contributed by atoms with Crippen LogP contribution in [0.1, 0.15) is 34.5 Å². The fraction of sp³-hybridized carbons (Fsp3) is 0.421. The van der Waals surface area contributed by atoms with Crippen molar-refractivity contribution in [2.24, 2.45) is 0 Å². The normalized spacial score (nSPS) is 17.3. The van der Waals surface area contributed by atoms with Crippen molar-refractivity contribution in [3.63, 3.8) is 0 Å². The van der Waals surface area contributed by atoms with Crippen molar-refractivity contribution < 1.29 is 9.18 Å². The third kappa shape index (κ3) is 3.21. The molecule has 130 valence electrons. The van der Waals surface area contributed by atoms with E-state index in [9.17, 15) is 9.18 Å². The fourth-order valence-electron chi connectivity index (χ4n) is 3.58. The molecule has 0 spiro atoms. The van der Waals surface area contributed by atoms with Crippen LogP contribution >= 0.6 is 0 Å². The van der Waals surface area contributed by atoms with E-state index in [1.54, 1.807) is 23.1 Å². The predicted octanol–water partition coefficient (Wildman–Crippen LogP) is 2.46. The van der Waals surface area contributed by atoms with Gasteiger partial charge in [0.2, 0.25) is 0 Å². The molecule has 25 heavy (non-hydrogen) atoms. The zero-order valence-electron chi connectivity index (χ0n) is 14.1. The number of carbonyl (C=O) groups is 1. The van der Waals surface area contributed by atoms with Crippen molar-refractivity contribution in [2.45, 2.75) is 25.7 Å². The van der Waals surface area contributed by atoms with E-state index in [4.69, 9.17) is 0 Å². The maximum atomic E-state index is 13.8. The number of aryl methyl sites for hydroxylation is 2. The predicted molar refractivity (Wildman–Crippen MR) is 93.2 cm³/mol. The van der Waals surface area contributed by atoms with Gasteiger partial charge in [0.25, 0.3) is 5.91 Å².